The van der Waals surface area contributed by atoms with E-state index in [1.807, 2.05) is 6.07 Å². The minimum Gasteiger partial charge on any atom is -0.496 e. The quantitative estimate of drug-likeness (QED) is 0.904. The van der Waals surface area contributed by atoms with Crippen molar-refractivity contribution in [3.8, 4) is 11.5 Å². The van der Waals surface area contributed by atoms with Crippen molar-refractivity contribution in [2.75, 3.05) is 27.3 Å². The second kappa shape index (κ2) is 6.29. The van der Waals surface area contributed by atoms with E-state index in [9.17, 15) is 0 Å². The molecule has 0 aromatic heterocycles. The molecule has 1 aromatic rings. The summed E-state index contributed by atoms with van der Waals surface area (Å²) < 4.78 is 11.1. The molecule has 1 atom stereocenters. The van der Waals surface area contributed by atoms with Crippen LogP contribution in [-0.4, -0.2) is 27.3 Å². The normalized spacial score (nSPS) is 19.5. The third-order valence-electron chi connectivity index (χ3n) is 3.94. The van der Waals surface area contributed by atoms with Gasteiger partial charge in [-0.15, -0.1) is 0 Å². The Balaban J connectivity index is 2.42. The lowest BCUT2D eigenvalue weighted by atomic mass is 9.88. The number of methoxy groups -OCH3 is 2. The van der Waals surface area contributed by atoms with Crippen LogP contribution in [0.3, 0.4) is 0 Å². The summed E-state index contributed by atoms with van der Waals surface area (Å²) in [6.07, 6.45) is 2.46. The number of rotatable bonds is 4. The second-order valence-electron chi connectivity index (χ2n) is 5.53. The largest absolute Gasteiger partial charge is 0.496 e. The van der Waals surface area contributed by atoms with Crippen LogP contribution in [0.2, 0.25) is 0 Å². The van der Waals surface area contributed by atoms with Gasteiger partial charge in [0.05, 0.1) is 14.2 Å². The molecule has 0 amide bonds. The Labute approximate surface area is 116 Å². The number of hydrogen-bond donors (Lipinski definition) is 1. The van der Waals surface area contributed by atoms with Crippen LogP contribution in [-0.2, 0) is 0 Å². The maximum atomic E-state index is 5.57. The molecular formula is C16H25NO2. The van der Waals surface area contributed by atoms with Crippen LogP contribution in [0.1, 0.15) is 49.7 Å². The predicted octanol–water partition coefficient (Wildman–Crippen LogP) is 3.29. The van der Waals surface area contributed by atoms with Gasteiger partial charge in [-0.3, -0.25) is 0 Å². The summed E-state index contributed by atoms with van der Waals surface area (Å²) in [6, 6.07) is 4.32. The zero-order chi connectivity index (χ0) is 13.8. The summed E-state index contributed by atoms with van der Waals surface area (Å²) >= 11 is 0. The summed E-state index contributed by atoms with van der Waals surface area (Å²) in [4.78, 5) is 0. The highest BCUT2D eigenvalue weighted by atomic mass is 16.5. The van der Waals surface area contributed by atoms with Gasteiger partial charge in [0.25, 0.3) is 0 Å². The molecule has 106 valence electrons. The molecule has 1 aliphatic rings. The summed E-state index contributed by atoms with van der Waals surface area (Å²) in [7, 11) is 3.46. The minimum atomic E-state index is 0.455. The SMILES string of the molecule is COc1cc(OC)c(C2CCCNC2)cc1C(C)C. The van der Waals surface area contributed by atoms with Crippen LogP contribution in [0.4, 0.5) is 0 Å². The zero-order valence-corrected chi connectivity index (χ0v) is 12.5. The molecule has 3 heteroatoms. The second-order valence-corrected chi connectivity index (χ2v) is 5.53. The Morgan fingerprint density at radius 2 is 1.89 bits per heavy atom. The third kappa shape index (κ3) is 3.03. The first-order chi connectivity index (χ1) is 9.17. The average Bonchev–Trinajstić information content (AvgIpc) is 2.46. The average molecular weight is 263 g/mol. The molecule has 1 heterocycles. The molecule has 0 spiro atoms. The lowest BCUT2D eigenvalue weighted by Crippen LogP contribution is -2.28. The van der Waals surface area contributed by atoms with E-state index in [2.05, 4.69) is 25.2 Å². The molecule has 1 saturated heterocycles. The van der Waals surface area contributed by atoms with E-state index in [-0.39, 0.29) is 0 Å². The van der Waals surface area contributed by atoms with Gasteiger partial charge < -0.3 is 14.8 Å². The summed E-state index contributed by atoms with van der Waals surface area (Å²) in [5.41, 5.74) is 2.59. The van der Waals surface area contributed by atoms with E-state index >= 15 is 0 Å². The number of hydrogen-bond acceptors (Lipinski definition) is 3. The number of ether oxygens (including phenoxy) is 2. The van der Waals surface area contributed by atoms with Crippen LogP contribution >= 0.6 is 0 Å². The van der Waals surface area contributed by atoms with Crippen molar-refractivity contribution in [3.05, 3.63) is 23.3 Å². The molecule has 19 heavy (non-hydrogen) atoms. The van der Waals surface area contributed by atoms with Gasteiger partial charge in [0, 0.05) is 18.5 Å². The van der Waals surface area contributed by atoms with Gasteiger partial charge >= 0.3 is 0 Å². The van der Waals surface area contributed by atoms with E-state index in [1.54, 1.807) is 14.2 Å². The van der Waals surface area contributed by atoms with Crippen LogP contribution in [0.15, 0.2) is 12.1 Å². The van der Waals surface area contributed by atoms with Gasteiger partial charge in [-0.25, -0.2) is 0 Å². The molecule has 0 aliphatic carbocycles. The molecule has 0 saturated carbocycles. The van der Waals surface area contributed by atoms with Crippen molar-refractivity contribution in [2.24, 2.45) is 0 Å². The van der Waals surface area contributed by atoms with Crippen molar-refractivity contribution >= 4 is 0 Å². The number of piperidine rings is 1. The van der Waals surface area contributed by atoms with E-state index in [0.29, 0.717) is 11.8 Å². The predicted molar refractivity (Wildman–Crippen MR) is 78.5 cm³/mol. The Morgan fingerprint density at radius 3 is 2.42 bits per heavy atom. The lowest BCUT2D eigenvalue weighted by Gasteiger charge is -2.26. The number of nitrogens with one attached hydrogen (secondary N) is 1. The molecule has 3 nitrogen and oxygen atoms in total. The smallest absolute Gasteiger partial charge is 0.126 e. The van der Waals surface area contributed by atoms with E-state index in [1.165, 1.54) is 24.0 Å². The highest BCUT2D eigenvalue weighted by molar-refractivity contribution is 5.49. The lowest BCUT2D eigenvalue weighted by molar-refractivity contribution is 0.376. The number of benzene rings is 1. The maximum absolute atomic E-state index is 5.57. The Hall–Kier alpha value is -1.22. The summed E-state index contributed by atoms with van der Waals surface area (Å²) in [5, 5.41) is 3.48. The topological polar surface area (TPSA) is 30.5 Å². The molecule has 1 N–H and O–H groups in total. The van der Waals surface area contributed by atoms with Gasteiger partial charge in [-0.05, 0) is 42.5 Å². The standard InChI is InChI=1S/C16H25NO2/c1-11(2)13-8-14(12-6-5-7-17-10-12)16(19-4)9-15(13)18-3/h8-9,11-12,17H,5-7,10H2,1-4H3. The van der Waals surface area contributed by atoms with Crippen LogP contribution in [0, 0.1) is 0 Å². The Kier molecular flexibility index (Phi) is 4.70. The molecule has 0 radical (unpaired) electrons. The summed E-state index contributed by atoms with van der Waals surface area (Å²) in [6.45, 7) is 6.58. The monoisotopic (exact) mass is 263 g/mol. The highest BCUT2D eigenvalue weighted by Crippen LogP contribution is 2.38. The molecule has 1 unspecified atom stereocenters. The fraction of sp³-hybridized carbons (Fsp3) is 0.625. The summed E-state index contributed by atoms with van der Waals surface area (Å²) in [5.74, 6) is 2.89. The van der Waals surface area contributed by atoms with Crippen molar-refractivity contribution in [1.82, 2.24) is 5.32 Å². The highest BCUT2D eigenvalue weighted by Gasteiger charge is 2.22. The Morgan fingerprint density at radius 1 is 1.16 bits per heavy atom. The van der Waals surface area contributed by atoms with Crippen LogP contribution < -0.4 is 14.8 Å². The Bertz CT molecular complexity index is 423. The molecule has 2 rings (SSSR count). The van der Waals surface area contributed by atoms with E-state index in [4.69, 9.17) is 9.47 Å². The molecule has 1 fully saturated rings. The fourth-order valence-electron chi connectivity index (χ4n) is 2.84. The molecule has 0 bridgehead atoms. The van der Waals surface area contributed by atoms with Gasteiger partial charge in [-0.1, -0.05) is 13.8 Å². The molecule has 1 aliphatic heterocycles. The third-order valence-corrected chi connectivity index (χ3v) is 3.94. The van der Waals surface area contributed by atoms with Crippen molar-refractivity contribution in [3.63, 3.8) is 0 Å². The molecular weight excluding hydrogens is 238 g/mol. The first-order valence-electron chi connectivity index (χ1n) is 7.14. The first kappa shape index (κ1) is 14.2. The van der Waals surface area contributed by atoms with Crippen molar-refractivity contribution in [1.29, 1.82) is 0 Å². The molecule has 1 aromatic carbocycles. The van der Waals surface area contributed by atoms with Crippen molar-refractivity contribution < 1.29 is 9.47 Å². The maximum Gasteiger partial charge on any atom is 0.126 e. The first-order valence-corrected chi connectivity index (χ1v) is 7.14. The van der Waals surface area contributed by atoms with E-state index < -0.39 is 0 Å². The zero-order valence-electron chi connectivity index (χ0n) is 12.5. The fourth-order valence-corrected chi connectivity index (χ4v) is 2.84. The van der Waals surface area contributed by atoms with Gasteiger partial charge in [0.15, 0.2) is 0 Å². The van der Waals surface area contributed by atoms with Gasteiger partial charge in [0.1, 0.15) is 11.5 Å². The van der Waals surface area contributed by atoms with Crippen LogP contribution in [0.25, 0.3) is 0 Å². The van der Waals surface area contributed by atoms with Gasteiger partial charge in [0.2, 0.25) is 0 Å². The van der Waals surface area contributed by atoms with Crippen LogP contribution in [0.5, 0.6) is 11.5 Å². The van der Waals surface area contributed by atoms with E-state index in [0.717, 1.165) is 24.6 Å². The van der Waals surface area contributed by atoms with Crippen molar-refractivity contribution in [2.45, 2.75) is 38.5 Å². The minimum absolute atomic E-state index is 0.455. The van der Waals surface area contributed by atoms with Gasteiger partial charge in [-0.2, -0.15) is 0 Å².